The quantitative estimate of drug-likeness (QED) is 0.796. The minimum atomic E-state index is -0.844. The van der Waals surface area contributed by atoms with Crippen molar-refractivity contribution in [2.24, 2.45) is 5.92 Å². The third-order valence-electron chi connectivity index (χ3n) is 4.72. The number of ether oxygens (including phenoxy) is 2. The van der Waals surface area contributed by atoms with Crippen LogP contribution in [0.25, 0.3) is 0 Å². The normalized spacial score (nSPS) is 16.3. The third-order valence-corrected chi connectivity index (χ3v) is 4.72. The summed E-state index contributed by atoms with van der Waals surface area (Å²) < 4.78 is 11.1. The number of piperidine rings is 1. The zero-order valence-corrected chi connectivity index (χ0v) is 15.8. The molecule has 2 amide bonds. The number of rotatable bonds is 6. The van der Waals surface area contributed by atoms with E-state index in [9.17, 15) is 9.59 Å². The zero-order chi connectivity index (χ0) is 19.9. The molecule has 1 saturated heterocycles. The summed E-state index contributed by atoms with van der Waals surface area (Å²) in [4.78, 5) is 25.0. The van der Waals surface area contributed by atoms with Crippen LogP contribution < -0.4 is 14.8 Å². The van der Waals surface area contributed by atoms with Crippen LogP contribution in [-0.4, -0.2) is 42.2 Å². The summed E-state index contributed by atoms with van der Waals surface area (Å²) in [5, 5.41) is 12.0. The van der Waals surface area contributed by atoms with Gasteiger partial charge in [0.05, 0.1) is 13.0 Å². The maximum Gasteiger partial charge on any atom is 0.317 e. The van der Waals surface area contributed by atoms with Crippen LogP contribution in [0.4, 0.5) is 4.79 Å². The first kappa shape index (κ1) is 19.5. The molecule has 7 nitrogen and oxygen atoms in total. The number of likely N-dealkylation sites (tertiary alicyclic amines) is 1. The Bertz CT molecular complexity index is 822. The van der Waals surface area contributed by atoms with Crippen molar-refractivity contribution < 1.29 is 24.2 Å². The monoisotopic (exact) mass is 384 g/mol. The minimum Gasteiger partial charge on any atom is -0.493 e. The van der Waals surface area contributed by atoms with Gasteiger partial charge in [0.25, 0.3) is 0 Å². The summed E-state index contributed by atoms with van der Waals surface area (Å²) in [6.07, 6.45) is 1.33. The molecule has 1 aliphatic rings. The number of urea groups is 1. The van der Waals surface area contributed by atoms with Crippen LogP contribution in [0.5, 0.6) is 17.2 Å². The molecule has 1 atom stereocenters. The standard InChI is InChI=1S/C21H24N2O5/c1-27-18-6-2-3-7-19(18)28-17-10-8-15(9-11-17)13-22-21(26)23-12-4-5-16(14-23)20(24)25/h2-3,6-11,16H,4-5,12-14H2,1H3,(H,22,26)(H,24,25). The second-order valence-corrected chi connectivity index (χ2v) is 6.68. The summed E-state index contributed by atoms with van der Waals surface area (Å²) in [6.45, 7) is 1.20. The number of nitrogens with zero attached hydrogens (tertiary/aromatic N) is 1. The molecule has 0 bridgehead atoms. The largest absolute Gasteiger partial charge is 0.493 e. The molecule has 2 aromatic rings. The van der Waals surface area contributed by atoms with Crippen LogP contribution in [0.3, 0.4) is 0 Å². The first-order valence-electron chi connectivity index (χ1n) is 9.22. The fourth-order valence-electron chi connectivity index (χ4n) is 3.16. The molecular weight excluding hydrogens is 360 g/mol. The van der Waals surface area contributed by atoms with Gasteiger partial charge in [0.1, 0.15) is 5.75 Å². The topological polar surface area (TPSA) is 88.1 Å². The Kier molecular flexibility index (Phi) is 6.37. The molecule has 28 heavy (non-hydrogen) atoms. The summed E-state index contributed by atoms with van der Waals surface area (Å²) in [5.41, 5.74) is 0.924. The van der Waals surface area contributed by atoms with Crippen molar-refractivity contribution in [2.75, 3.05) is 20.2 Å². The van der Waals surface area contributed by atoms with Crippen LogP contribution in [0.1, 0.15) is 18.4 Å². The number of benzene rings is 2. The summed E-state index contributed by atoms with van der Waals surface area (Å²) >= 11 is 0. The van der Waals surface area contributed by atoms with Crippen molar-refractivity contribution in [3.8, 4) is 17.2 Å². The van der Waals surface area contributed by atoms with Crippen LogP contribution in [0.2, 0.25) is 0 Å². The number of carboxylic acids is 1. The molecule has 148 valence electrons. The lowest BCUT2D eigenvalue weighted by molar-refractivity contribution is -0.143. The molecule has 1 aliphatic heterocycles. The van der Waals surface area contributed by atoms with Crippen LogP contribution in [0.15, 0.2) is 48.5 Å². The Labute approximate surface area is 163 Å². The maximum atomic E-state index is 12.3. The number of carbonyl (C=O) groups excluding carboxylic acids is 1. The summed E-state index contributed by atoms with van der Waals surface area (Å²) in [5.74, 6) is 0.623. The Morgan fingerprint density at radius 2 is 1.86 bits per heavy atom. The molecule has 0 aromatic heterocycles. The number of hydrogen-bond acceptors (Lipinski definition) is 4. The van der Waals surface area contributed by atoms with E-state index in [-0.39, 0.29) is 12.6 Å². The van der Waals surface area contributed by atoms with Gasteiger partial charge in [-0.2, -0.15) is 0 Å². The van der Waals surface area contributed by atoms with Crippen LogP contribution >= 0.6 is 0 Å². The van der Waals surface area contributed by atoms with E-state index < -0.39 is 11.9 Å². The van der Waals surface area contributed by atoms with Crippen molar-refractivity contribution in [1.82, 2.24) is 10.2 Å². The Morgan fingerprint density at radius 3 is 2.54 bits per heavy atom. The van der Waals surface area contributed by atoms with Gasteiger partial charge in [-0.3, -0.25) is 4.79 Å². The number of aliphatic carboxylic acids is 1. The number of amides is 2. The SMILES string of the molecule is COc1ccccc1Oc1ccc(CNC(=O)N2CCCC(C(=O)O)C2)cc1. The van der Waals surface area contributed by atoms with Crippen molar-refractivity contribution in [3.63, 3.8) is 0 Å². The molecule has 2 aromatic carbocycles. The highest BCUT2D eigenvalue weighted by molar-refractivity contribution is 5.76. The van der Waals surface area contributed by atoms with Gasteiger partial charge in [0.2, 0.25) is 0 Å². The lowest BCUT2D eigenvalue weighted by Gasteiger charge is -2.30. The molecule has 1 heterocycles. The molecule has 0 spiro atoms. The number of carboxylic acid groups (broad SMARTS) is 1. The maximum absolute atomic E-state index is 12.3. The van der Waals surface area contributed by atoms with E-state index in [0.717, 1.165) is 5.56 Å². The summed E-state index contributed by atoms with van der Waals surface area (Å²) in [7, 11) is 1.59. The van der Waals surface area contributed by atoms with E-state index >= 15 is 0 Å². The molecular formula is C21H24N2O5. The van der Waals surface area contributed by atoms with E-state index in [4.69, 9.17) is 14.6 Å². The number of nitrogens with one attached hydrogen (secondary N) is 1. The predicted octanol–water partition coefficient (Wildman–Crippen LogP) is 3.49. The Balaban J connectivity index is 1.53. The number of hydrogen-bond donors (Lipinski definition) is 2. The molecule has 1 fully saturated rings. The van der Waals surface area contributed by atoms with Gasteiger partial charge in [-0.1, -0.05) is 24.3 Å². The Morgan fingerprint density at radius 1 is 1.14 bits per heavy atom. The second-order valence-electron chi connectivity index (χ2n) is 6.68. The van der Waals surface area contributed by atoms with Gasteiger partial charge in [0.15, 0.2) is 11.5 Å². The van der Waals surface area contributed by atoms with E-state index in [0.29, 0.717) is 43.2 Å². The number of para-hydroxylation sites is 2. The van der Waals surface area contributed by atoms with Crippen molar-refractivity contribution in [2.45, 2.75) is 19.4 Å². The lowest BCUT2D eigenvalue weighted by Crippen LogP contribution is -2.46. The molecule has 0 aliphatic carbocycles. The van der Waals surface area contributed by atoms with Crippen molar-refractivity contribution in [1.29, 1.82) is 0 Å². The van der Waals surface area contributed by atoms with Crippen molar-refractivity contribution in [3.05, 3.63) is 54.1 Å². The van der Waals surface area contributed by atoms with E-state index in [1.165, 1.54) is 0 Å². The highest BCUT2D eigenvalue weighted by Crippen LogP contribution is 2.30. The van der Waals surface area contributed by atoms with Gasteiger partial charge in [-0.15, -0.1) is 0 Å². The molecule has 0 radical (unpaired) electrons. The van der Waals surface area contributed by atoms with Gasteiger partial charge >= 0.3 is 12.0 Å². The number of carbonyl (C=O) groups is 2. The third kappa shape index (κ3) is 4.94. The Hall–Kier alpha value is -3.22. The fraction of sp³-hybridized carbons (Fsp3) is 0.333. The highest BCUT2D eigenvalue weighted by Gasteiger charge is 2.27. The van der Waals surface area contributed by atoms with E-state index in [1.54, 1.807) is 12.0 Å². The van der Waals surface area contributed by atoms with Gasteiger partial charge in [-0.25, -0.2) is 4.79 Å². The number of methoxy groups -OCH3 is 1. The molecule has 1 unspecified atom stereocenters. The van der Waals surface area contributed by atoms with E-state index in [2.05, 4.69) is 5.32 Å². The van der Waals surface area contributed by atoms with Crippen LogP contribution in [-0.2, 0) is 11.3 Å². The molecule has 3 rings (SSSR count). The van der Waals surface area contributed by atoms with Crippen molar-refractivity contribution >= 4 is 12.0 Å². The molecule has 0 saturated carbocycles. The average molecular weight is 384 g/mol. The lowest BCUT2D eigenvalue weighted by atomic mass is 9.99. The second kappa shape index (κ2) is 9.12. The van der Waals surface area contributed by atoms with Gasteiger partial charge in [-0.05, 0) is 42.7 Å². The first-order chi connectivity index (χ1) is 13.6. The minimum absolute atomic E-state index is 0.236. The molecule has 7 heteroatoms. The fourth-order valence-corrected chi connectivity index (χ4v) is 3.16. The van der Waals surface area contributed by atoms with Crippen LogP contribution in [0, 0.1) is 5.92 Å². The van der Waals surface area contributed by atoms with Gasteiger partial charge in [0, 0.05) is 19.6 Å². The first-order valence-corrected chi connectivity index (χ1v) is 9.22. The van der Waals surface area contributed by atoms with E-state index in [1.807, 2.05) is 48.5 Å². The highest BCUT2D eigenvalue weighted by atomic mass is 16.5. The van der Waals surface area contributed by atoms with Gasteiger partial charge < -0.3 is 24.8 Å². The smallest absolute Gasteiger partial charge is 0.317 e. The average Bonchev–Trinajstić information content (AvgIpc) is 2.73. The summed E-state index contributed by atoms with van der Waals surface area (Å²) in [6, 6.07) is 14.6. The molecule has 2 N–H and O–H groups in total. The zero-order valence-electron chi connectivity index (χ0n) is 15.8. The predicted molar refractivity (Wildman–Crippen MR) is 104 cm³/mol.